The molecule has 1 amide bonds. The predicted octanol–water partition coefficient (Wildman–Crippen LogP) is 5.56. The van der Waals surface area contributed by atoms with Crippen LogP contribution in [0.3, 0.4) is 0 Å². The van der Waals surface area contributed by atoms with Crippen molar-refractivity contribution in [3.8, 4) is 11.1 Å². The molecule has 0 spiro atoms. The Hall–Kier alpha value is -3.59. The van der Waals surface area contributed by atoms with Crippen molar-refractivity contribution in [3.05, 3.63) is 97.1 Å². The topological polar surface area (TPSA) is 41.1 Å². The first-order valence-corrected chi connectivity index (χ1v) is 8.97. The van der Waals surface area contributed by atoms with Crippen molar-refractivity contribution in [3.63, 3.8) is 0 Å². The molecule has 0 aliphatic carbocycles. The van der Waals surface area contributed by atoms with Gasteiger partial charge in [-0.3, -0.25) is 4.79 Å². The number of hydrogen-bond donors (Lipinski definition) is 2. The lowest BCUT2D eigenvalue weighted by atomic mass is 10.0. The highest BCUT2D eigenvalue weighted by molar-refractivity contribution is 5.99. The summed E-state index contributed by atoms with van der Waals surface area (Å²) in [6.07, 6.45) is 0. The predicted molar refractivity (Wildman–Crippen MR) is 113 cm³/mol. The summed E-state index contributed by atoms with van der Waals surface area (Å²) in [6, 6.07) is 32.1. The largest absolute Gasteiger partial charge is 0.376 e. The van der Waals surface area contributed by atoms with Gasteiger partial charge in [-0.1, -0.05) is 84.9 Å². The number of rotatable bonds is 5. The molecule has 0 unspecified atom stereocenters. The van der Waals surface area contributed by atoms with Gasteiger partial charge in [0, 0.05) is 22.3 Å². The highest BCUT2D eigenvalue weighted by Gasteiger charge is 2.08. The zero-order chi connectivity index (χ0) is 18.5. The minimum absolute atomic E-state index is 0.0775. The molecule has 132 valence electrons. The first kappa shape index (κ1) is 16.9. The molecule has 0 saturated heterocycles. The van der Waals surface area contributed by atoms with Crippen LogP contribution in [0, 0.1) is 0 Å². The average molecular weight is 352 g/mol. The fraction of sp³-hybridized carbons (Fsp3) is 0.0417. The molecule has 3 nitrogen and oxygen atoms in total. The van der Waals surface area contributed by atoms with Crippen molar-refractivity contribution in [2.24, 2.45) is 0 Å². The van der Waals surface area contributed by atoms with Gasteiger partial charge in [0.05, 0.1) is 6.54 Å². The molecular weight excluding hydrogens is 332 g/mol. The maximum absolute atomic E-state index is 12.5. The second kappa shape index (κ2) is 7.75. The van der Waals surface area contributed by atoms with Crippen molar-refractivity contribution in [1.82, 2.24) is 0 Å². The molecule has 4 aromatic rings. The molecule has 0 bridgehead atoms. The molecule has 27 heavy (non-hydrogen) atoms. The van der Waals surface area contributed by atoms with Crippen LogP contribution in [0.2, 0.25) is 0 Å². The van der Waals surface area contributed by atoms with E-state index < -0.39 is 0 Å². The molecule has 4 rings (SSSR count). The van der Waals surface area contributed by atoms with Crippen molar-refractivity contribution < 1.29 is 4.79 Å². The molecule has 2 N–H and O–H groups in total. The van der Waals surface area contributed by atoms with E-state index in [0.29, 0.717) is 0 Å². The number of amides is 1. The van der Waals surface area contributed by atoms with Gasteiger partial charge in [-0.25, -0.2) is 0 Å². The van der Waals surface area contributed by atoms with Gasteiger partial charge >= 0.3 is 0 Å². The first-order chi connectivity index (χ1) is 13.3. The Balaban J connectivity index is 1.49. The van der Waals surface area contributed by atoms with Gasteiger partial charge in [-0.05, 0) is 23.1 Å². The maximum atomic E-state index is 12.5. The summed E-state index contributed by atoms with van der Waals surface area (Å²) >= 11 is 0. The van der Waals surface area contributed by atoms with E-state index in [2.05, 4.69) is 28.8 Å². The Morgan fingerprint density at radius 2 is 1.33 bits per heavy atom. The molecular formula is C24H20N2O. The summed E-state index contributed by atoms with van der Waals surface area (Å²) in [4.78, 5) is 12.5. The minimum Gasteiger partial charge on any atom is -0.376 e. The van der Waals surface area contributed by atoms with E-state index in [-0.39, 0.29) is 12.5 Å². The van der Waals surface area contributed by atoms with Gasteiger partial charge in [0.25, 0.3) is 0 Å². The Bertz CT molecular complexity index is 1070. The molecule has 0 aromatic heterocycles. The highest BCUT2D eigenvalue weighted by atomic mass is 16.1. The number of hydrogen-bond acceptors (Lipinski definition) is 2. The number of fused-ring (bicyclic) bond motifs is 1. The fourth-order valence-electron chi connectivity index (χ4n) is 3.21. The van der Waals surface area contributed by atoms with Gasteiger partial charge in [0.1, 0.15) is 0 Å². The molecule has 3 heteroatoms. The van der Waals surface area contributed by atoms with Crippen LogP contribution in [0.1, 0.15) is 0 Å². The van der Waals surface area contributed by atoms with Crippen LogP contribution in [0.25, 0.3) is 21.9 Å². The molecule has 4 aromatic carbocycles. The molecule has 0 atom stereocenters. The minimum atomic E-state index is -0.0775. The quantitative estimate of drug-likeness (QED) is 0.494. The lowest BCUT2D eigenvalue weighted by Gasteiger charge is -2.13. The SMILES string of the molecule is O=C(CNc1cccc2ccccc12)Nc1ccccc1-c1ccccc1. The number of anilines is 2. The average Bonchev–Trinajstić information content (AvgIpc) is 2.73. The third-order valence-corrected chi connectivity index (χ3v) is 4.51. The van der Waals surface area contributed by atoms with E-state index in [0.717, 1.165) is 33.3 Å². The van der Waals surface area contributed by atoms with Crippen LogP contribution in [0.4, 0.5) is 11.4 Å². The van der Waals surface area contributed by atoms with Gasteiger partial charge in [-0.15, -0.1) is 0 Å². The van der Waals surface area contributed by atoms with Gasteiger partial charge in [0.2, 0.25) is 5.91 Å². The zero-order valence-electron chi connectivity index (χ0n) is 14.9. The number of benzene rings is 4. The van der Waals surface area contributed by atoms with E-state index >= 15 is 0 Å². The Morgan fingerprint density at radius 1 is 0.667 bits per heavy atom. The van der Waals surface area contributed by atoms with Crippen molar-refractivity contribution in [2.75, 3.05) is 17.2 Å². The summed E-state index contributed by atoms with van der Waals surface area (Å²) < 4.78 is 0. The van der Waals surface area contributed by atoms with Crippen LogP contribution in [-0.4, -0.2) is 12.5 Å². The van der Waals surface area contributed by atoms with Gasteiger partial charge in [0.15, 0.2) is 0 Å². The molecule has 0 saturated carbocycles. The van der Waals surface area contributed by atoms with Crippen molar-refractivity contribution >= 4 is 28.1 Å². The van der Waals surface area contributed by atoms with Crippen LogP contribution < -0.4 is 10.6 Å². The van der Waals surface area contributed by atoms with E-state index in [1.807, 2.05) is 78.9 Å². The van der Waals surface area contributed by atoms with Gasteiger partial charge < -0.3 is 10.6 Å². The summed E-state index contributed by atoms with van der Waals surface area (Å²) in [7, 11) is 0. The summed E-state index contributed by atoms with van der Waals surface area (Å²) in [5.41, 5.74) is 3.86. The van der Waals surface area contributed by atoms with Crippen LogP contribution in [0.15, 0.2) is 97.1 Å². The number of carbonyl (C=O) groups is 1. The lowest BCUT2D eigenvalue weighted by molar-refractivity contribution is -0.114. The smallest absolute Gasteiger partial charge is 0.243 e. The Labute approximate surface area is 158 Å². The van der Waals surface area contributed by atoms with E-state index in [1.54, 1.807) is 0 Å². The highest BCUT2D eigenvalue weighted by Crippen LogP contribution is 2.27. The second-order valence-electron chi connectivity index (χ2n) is 6.34. The van der Waals surface area contributed by atoms with E-state index in [4.69, 9.17) is 0 Å². The third kappa shape index (κ3) is 3.82. The van der Waals surface area contributed by atoms with E-state index in [1.165, 1.54) is 0 Å². The number of carbonyl (C=O) groups excluding carboxylic acids is 1. The fourth-order valence-corrected chi connectivity index (χ4v) is 3.21. The summed E-state index contributed by atoms with van der Waals surface area (Å²) in [6.45, 7) is 0.205. The van der Waals surface area contributed by atoms with Gasteiger partial charge in [-0.2, -0.15) is 0 Å². The van der Waals surface area contributed by atoms with Crippen LogP contribution in [0.5, 0.6) is 0 Å². The normalized spacial score (nSPS) is 10.5. The summed E-state index contributed by atoms with van der Waals surface area (Å²) in [5, 5.41) is 8.54. The maximum Gasteiger partial charge on any atom is 0.243 e. The molecule has 0 radical (unpaired) electrons. The van der Waals surface area contributed by atoms with Crippen molar-refractivity contribution in [1.29, 1.82) is 0 Å². The second-order valence-corrected chi connectivity index (χ2v) is 6.34. The first-order valence-electron chi connectivity index (χ1n) is 8.97. The monoisotopic (exact) mass is 352 g/mol. The van der Waals surface area contributed by atoms with Crippen LogP contribution >= 0.6 is 0 Å². The Morgan fingerprint density at radius 3 is 2.22 bits per heavy atom. The molecule has 0 heterocycles. The standard InChI is InChI=1S/C24H20N2O/c27-24(17-25-22-16-8-12-19-11-4-5-13-20(19)22)26-23-15-7-6-14-21(23)18-9-2-1-3-10-18/h1-16,25H,17H2,(H,26,27). The number of para-hydroxylation sites is 1. The summed E-state index contributed by atoms with van der Waals surface area (Å²) in [5.74, 6) is -0.0775. The van der Waals surface area contributed by atoms with Crippen molar-refractivity contribution in [2.45, 2.75) is 0 Å². The molecule has 0 aliphatic rings. The number of nitrogens with one attached hydrogen (secondary N) is 2. The zero-order valence-corrected chi connectivity index (χ0v) is 14.9. The lowest BCUT2D eigenvalue weighted by Crippen LogP contribution is -2.22. The molecule has 0 aliphatic heterocycles. The molecule has 0 fully saturated rings. The van der Waals surface area contributed by atoms with E-state index in [9.17, 15) is 4.79 Å². The van der Waals surface area contributed by atoms with Crippen LogP contribution in [-0.2, 0) is 4.79 Å². The Kier molecular flexibility index (Phi) is 4.84. The third-order valence-electron chi connectivity index (χ3n) is 4.51.